The maximum absolute atomic E-state index is 10.4. The first-order valence-electron chi connectivity index (χ1n) is 4.36. The fraction of sp³-hybridized carbons (Fsp3) is 0.300. The molecule has 1 aliphatic heterocycles. The molecule has 1 saturated heterocycles. The second kappa shape index (κ2) is 3.83. The van der Waals surface area contributed by atoms with Crippen molar-refractivity contribution in [2.24, 2.45) is 0 Å². The van der Waals surface area contributed by atoms with E-state index in [0.717, 1.165) is 18.4 Å². The molecule has 1 heterocycles. The molecule has 1 aromatic carbocycles. The van der Waals surface area contributed by atoms with Gasteiger partial charge in [-0.05, 0) is 42.6 Å². The van der Waals surface area contributed by atoms with Crippen LogP contribution in [-0.4, -0.2) is 18.6 Å². The Morgan fingerprint density at radius 1 is 1.31 bits per heavy atom. The maximum atomic E-state index is 10.4. The van der Waals surface area contributed by atoms with E-state index < -0.39 is 0 Å². The number of carbonyl (C=O) groups excluding carboxylic acids is 1. The van der Waals surface area contributed by atoms with Crippen molar-refractivity contribution in [1.82, 2.24) is 0 Å². The Morgan fingerprint density at radius 3 is 2.62 bits per heavy atom. The summed E-state index contributed by atoms with van der Waals surface area (Å²) >= 11 is 1.85. The predicted octanol–water partition coefficient (Wildman–Crippen LogP) is 2.36. The van der Waals surface area contributed by atoms with E-state index in [1.807, 2.05) is 36.2 Å². The molecule has 1 aromatic rings. The van der Waals surface area contributed by atoms with Crippen LogP contribution in [0, 0.1) is 0 Å². The van der Waals surface area contributed by atoms with Crippen LogP contribution >= 0.6 is 11.9 Å². The van der Waals surface area contributed by atoms with E-state index in [0.29, 0.717) is 0 Å². The highest BCUT2D eigenvalue weighted by atomic mass is 32.2. The lowest BCUT2D eigenvalue weighted by Gasteiger charge is -2.15. The zero-order valence-electron chi connectivity index (χ0n) is 7.27. The molecule has 13 heavy (non-hydrogen) atoms. The molecule has 0 saturated carbocycles. The molecule has 3 heteroatoms. The molecule has 0 aliphatic carbocycles. The van der Waals surface area contributed by atoms with Gasteiger partial charge in [-0.1, -0.05) is 0 Å². The van der Waals surface area contributed by atoms with Crippen LogP contribution in [0.25, 0.3) is 0 Å². The molecule has 2 nitrogen and oxygen atoms in total. The van der Waals surface area contributed by atoms with Gasteiger partial charge in [-0.15, -0.1) is 0 Å². The molecule has 0 unspecified atom stereocenters. The van der Waals surface area contributed by atoms with Crippen molar-refractivity contribution in [2.75, 3.05) is 16.6 Å². The molecule has 0 N–H and O–H groups in total. The summed E-state index contributed by atoms with van der Waals surface area (Å²) in [5.74, 6) is 1.20. The summed E-state index contributed by atoms with van der Waals surface area (Å²) in [5.41, 5.74) is 1.95. The van der Waals surface area contributed by atoms with Crippen LogP contribution in [0.2, 0.25) is 0 Å². The first-order chi connectivity index (χ1) is 6.40. The van der Waals surface area contributed by atoms with Gasteiger partial charge in [0.25, 0.3) is 0 Å². The third kappa shape index (κ3) is 1.86. The standard InChI is InChI=1S/C10H11NOS/c12-8-9-2-4-10(5-3-9)11-6-1-7-13-11/h2-5,8H,1,6-7H2. The summed E-state index contributed by atoms with van der Waals surface area (Å²) < 4.78 is 2.27. The Morgan fingerprint density at radius 2 is 2.08 bits per heavy atom. The van der Waals surface area contributed by atoms with Crippen molar-refractivity contribution < 1.29 is 4.79 Å². The molecular weight excluding hydrogens is 182 g/mol. The largest absolute Gasteiger partial charge is 0.316 e. The Kier molecular flexibility index (Phi) is 2.54. The lowest BCUT2D eigenvalue weighted by Crippen LogP contribution is -2.08. The van der Waals surface area contributed by atoms with Crippen molar-refractivity contribution >= 4 is 23.9 Å². The number of rotatable bonds is 2. The zero-order valence-corrected chi connectivity index (χ0v) is 8.09. The maximum Gasteiger partial charge on any atom is 0.150 e. The number of carbonyl (C=O) groups is 1. The minimum Gasteiger partial charge on any atom is -0.316 e. The molecule has 0 bridgehead atoms. The monoisotopic (exact) mass is 193 g/mol. The zero-order chi connectivity index (χ0) is 9.10. The summed E-state index contributed by atoms with van der Waals surface area (Å²) in [7, 11) is 0. The number of benzene rings is 1. The van der Waals surface area contributed by atoms with E-state index in [4.69, 9.17) is 0 Å². The van der Waals surface area contributed by atoms with Crippen LogP contribution in [0.5, 0.6) is 0 Å². The van der Waals surface area contributed by atoms with E-state index in [-0.39, 0.29) is 0 Å². The molecule has 0 radical (unpaired) electrons. The lowest BCUT2D eigenvalue weighted by molar-refractivity contribution is 0.112. The van der Waals surface area contributed by atoms with E-state index in [2.05, 4.69) is 4.31 Å². The molecule has 0 aromatic heterocycles. The third-order valence-corrected chi connectivity index (χ3v) is 3.25. The average molecular weight is 193 g/mol. The lowest BCUT2D eigenvalue weighted by atomic mass is 10.2. The summed E-state index contributed by atoms with van der Waals surface area (Å²) in [6.07, 6.45) is 2.13. The van der Waals surface area contributed by atoms with E-state index in [1.165, 1.54) is 17.9 Å². The fourth-order valence-electron chi connectivity index (χ4n) is 1.37. The number of hydrogen-bond acceptors (Lipinski definition) is 3. The molecule has 1 fully saturated rings. The van der Waals surface area contributed by atoms with Crippen molar-refractivity contribution in [3.05, 3.63) is 29.8 Å². The van der Waals surface area contributed by atoms with E-state index in [9.17, 15) is 4.79 Å². The highest BCUT2D eigenvalue weighted by molar-refractivity contribution is 8.00. The van der Waals surface area contributed by atoms with E-state index >= 15 is 0 Å². The van der Waals surface area contributed by atoms with Crippen LogP contribution in [0.15, 0.2) is 24.3 Å². The number of anilines is 1. The van der Waals surface area contributed by atoms with Gasteiger partial charge in [0, 0.05) is 23.5 Å². The summed E-state index contributed by atoms with van der Waals surface area (Å²) in [6, 6.07) is 7.73. The highest BCUT2D eigenvalue weighted by Crippen LogP contribution is 2.27. The minimum absolute atomic E-state index is 0.743. The Hall–Kier alpha value is -0.960. The minimum atomic E-state index is 0.743. The van der Waals surface area contributed by atoms with Gasteiger partial charge in [-0.25, -0.2) is 0 Å². The fourth-order valence-corrected chi connectivity index (χ4v) is 2.38. The Labute approximate surface area is 82.1 Å². The Bertz CT molecular complexity index is 290. The van der Waals surface area contributed by atoms with Gasteiger partial charge < -0.3 is 4.31 Å². The molecule has 0 atom stereocenters. The second-order valence-corrected chi connectivity index (χ2v) is 4.11. The van der Waals surface area contributed by atoms with Crippen LogP contribution < -0.4 is 4.31 Å². The number of aldehydes is 1. The highest BCUT2D eigenvalue weighted by Gasteiger charge is 2.12. The summed E-state index contributed by atoms with van der Waals surface area (Å²) in [5, 5.41) is 0. The quantitative estimate of drug-likeness (QED) is 0.531. The topological polar surface area (TPSA) is 20.3 Å². The van der Waals surface area contributed by atoms with Crippen LogP contribution in [0.3, 0.4) is 0 Å². The molecule has 0 spiro atoms. The van der Waals surface area contributed by atoms with Gasteiger partial charge >= 0.3 is 0 Å². The van der Waals surface area contributed by atoms with Crippen molar-refractivity contribution in [2.45, 2.75) is 6.42 Å². The van der Waals surface area contributed by atoms with Gasteiger partial charge in [0.05, 0.1) is 0 Å². The normalized spacial score (nSPS) is 16.2. The van der Waals surface area contributed by atoms with Crippen LogP contribution in [0.1, 0.15) is 16.8 Å². The molecular formula is C10H11NOS. The first-order valence-corrected chi connectivity index (χ1v) is 5.30. The average Bonchev–Trinajstić information content (AvgIpc) is 2.71. The molecule has 1 aliphatic rings. The SMILES string of the molecule is O=Cc1ccc(N2CCCS2)cc1. The van der Waals surface area contributed by atoms with Crippen molar-refractivity contribution in [1.29, 1.82) is 0 Å². The van der Waals surface area contributed by atoms with Crippen molar-refractivity contribution in [3.8, 4) is 0 Å². The van der Waals surface area contributed by atoms with E-state index in [1.54, 1.807) is 0 Å². The van der Waals surface area contributed by atoms with Gasteiger partial charge in [-0.2, -0.15) is 0 Å². The molecule has 2 rings (SSSR count). The smallest absolute Gasteiger partial charge is 0.150 e. The summed E-state index contributed by atoms with van der Waals surface area (Å²) in [6.45, 7) is 1.12. The second-order valence-electron chi connectivity index (χ2n) is 3.00. The van der Waals surface area contributed by atoms with Crippen molar-refractivity contribution in [3.63, 3.8) is 0 Å². The predicted molar refractivity (Wildman–Crippen MR) is 56.3 cm³/mol. The summed E-state index contributed by atoms with van der Waals surface area (Å²) in [4.78, 5) is 10.4. The van der Waals surface area contributed by atoms with Gasteiger partial charge in [0.1, 0.15) is 6.29 Å². The van der Waals surface area contributed by atoms with Crippen LogP contribution in [0.4, 0.5) is 5.69 Å². The third-order valence-electron chi connectivity index (χ3n) is 2.07. The Balaban J connectivity index is 2.16. The number of nitrogens with zero attached hydrogens (tertiary/aromatic N) is 1. The number of hydrogen-bond donors (Lipinski definition) is 0. The molecule has 68 valence electrons. The molecule has 0 amide bonds. The van der Waals surface area contributed by atoms with Crippen LogP contribution in [-0.2, 0) is 0 Å². The first kappa shape index (κ1) is 8.63. The van der Waals surface area contributed by atoms with Gasteiger partial charge in [0.15, 0.2) is 0 Å². The van der Waals surface area contributed by atoms with Gasteiger partial charge in [0.2, 0.25) is 0 Å². The van der Waals surface area contributed by atoms with Gasteiger partial charge in [-0.3, -0.25) is 4.79 Å².